The second-order valence-electron chi connectivity index (χ2n) is 1.79. The molecule has 0 aliphatic rings. The first-order valence-corrected chi connectivity index (χ1v) is 4.11. The number of carboxylic acid groups (broad SMARTS) is 2. The molecule has 0 aliphatic heterocycles. The molecule has 4 nitrogen and oxygen atoms in total. The first-order chi connectivity index (χ1) is 4.57. The molecule has 0 spiro atoms. The Morgan fingerprint density at radius 1 is 1.40 bits per heavy atom. The van der Waals surface area contributed by atoms with Gasteiger partial charge < -0.3 is 10.2 Å². The van der Waals surface area contributed by atoms with Crippen LogP contribution >= 0.6 is 22.6 Å². The molecule has 10 heavy (non-hydrogen) atoms. The van der Waals surface area contributed by atoms with Gasteiger partial charge in [-0.2, -0.15) is 0 Å². The summed E-state index contributed by atoms with van der Waals surface area (Å²) < 4.78 is 0.333. The first-order valence-electron chi connectivity index (χ1n) is 2.58. The predicted molar refractivity (Wildman–Crippen MR) is 42.3 cm³/mol. The van der Waals surface area contributed by atoms with Crippen molar-refractivity contribution >= 4 is 34.5 Å². The third kappa shape index (κ3) is 3.65. The molecular weight excluding hydrogens is 251 g/mol. The lowest BCUT2D eigenvalue weighted by atomic mass is 10.1. The Morgan fingerprint density at radius 3 is 2.00 bits per heavy atom. The van der Waals surface area contributed by atoms with Crippen LogP contribution in [0.3, 0.4) is 0 Å². The van der Waals surface area contributed by atoms with Crippen LogP contribution in [0.4, 0.5) is 0 Å². The standard InChI is InChI=1S/C5H7IO4/c6-2-3(5(9)10)1-4(7)8/h3H,1-2H2,(H,7,8)(H,9,10). The van der Waals surface area contributed by atoms with E-state index in [9.17, 15) is 9.59 Å². The number of carbonyl (C=O) groups is 2. The summed E-state index contributed by atoms with van der Waals surface area (Å²) in [5.41, 5.74) is 0. The summed E-state index contributed by atoms with van der Waals surface area (Å²) in [6.45, 7) is 0. The molecule has 0 fully saturated rings. The third-order valence-electron chi connectivity index (χ3n) is 0.957. The Labute approximate surface area is 71.4 Å². The van der Waals surface area contributed by atoms with Gasteiger partial charge in [0, 0.05) is 4.43 Å². The molecule has 0 saturated heterocycles. The van der Waals surface area contributed by atoms with Gasteiger partial charge in [-0.25, -0.2) is 0 Å². The topological polar surface area (TPSA) is 74.6 Å². The largest absolute Gasteiger partial charge is 0.481 e. The highest BCUT2D eigenvalue weighted by molar-refractivity contribution is 14.1. The fourth-order valence-corrected chi connectivity index (χ4v) is 1.11. The minimum absolute atomic E-state index is 0.293. The maximum atomic E-state index is 10.2. The summed E-state index contributed by atoms with van der Waals surface area (Å²) in [4.78, 5) is 20.2. The number of aliphatic carboxylic acids is 2. The van der Waals surface area contributed by atoms with Gasteiger partial charge in [0.15, 0.2) is 0 Å². The van der Waals surface area contributed by atoms with Crippen LogP contribution in [-0.4, -0.2) is 26.6 Å². The summed E-state index contributed by atoms with van der Waals surface area (Å²) in [6, 6.07) is 0. The first kappa shape index (κ1) is 9.67. The molecular formula is C5H7IO4. The molecule has 0 saturated carbocycles. The molecule has 1 unspecified atom stereocenters. The predicted octanol–water partition coefficient (Wildman–Crippen LogP) is 0.597. The molecule has 0 amide bonds. The number of carboxylic acids is 2. The van der Waals surface area contributed by atoms with Gasteiger partial charge in [0.25, 0.3) is 0 Å². The maximum Gasteiger partial charge on any atom is 0.307 e. The van der Waals surface area contributed by atoms with Gasteiger partial charge in [0.2, 0.25) is 0 Å². The lowest BCUT2D eigenvalue weighted by Gasteiger charge is -2.02. The SMILES string of the molecule is O=C(O)CC(CI)C(=O)O. The van der Waals surface area contributed by atoms with E-state index in [0.29, 0.717) is 4.43 Å². The second-order valence-corrected chi connectivity index (χ2v) is 2.67. The van der Waals surface area contributed by atoms with Crippen LogP contribution in [0.5, 0.6) is 0 Å². The smallest absolute Gasteiger partial charge is 0.307 e. The zero-order chi connectivity index (χ0) is 8.15. The van der Waals surface area contributed by atoms with Gasteiger partial charge in [-0.05, 0) is 0 Å². The van der Waals surface area contributed by atoms with Crippen molar-refractivity contribution < 1.29 is 19.8 Å². The molecule has 0 aliphatic carbocycles. The van der Waals surface area contributed by atoms with Gasteiger partial charge in [-0.3, -0.25) is 9.59 Å². The van der Waals surface area contributed by atoms with E-state index >= 15 is 0 Å². The van der Waals surface area contributed by atoms with E-state index in [1.807, 2.05) is 22.6 Å². The fraction of sp³-hybridized carbons (Fsp3) is 0.600. The van der Waals surface area contributed by atoms with Crippen LogP contribution in [0.1, 0.15) is 6.42 Å². The van der Waals surface area contributed by atoms with Crippen LogP contribution in [0.15, 0.2) is 0 Å². The minimum Gasteiger partial charge on any atom is -0.481 e. The van der Waals surface area contributed by atoms with Crippen LogP contribution < -0.4 is 0 Å². The molecule has 0 radical (unpaired) electrons. The van der Waals surface area contributed by atoms with Gasteiger partial charge in [-0.15, -0.1) is 0 Å². The van der Waals surface area contributed by atoms with E-state index in [-0.39, 0.29) is 6.42 Å². The summed E-state index contributed by atoms with van der Waals surface area (Å²) in [6.07, 6.45) is -0.293. The highest BCUT2D eigenvalue weighted by Gasteiger charge is 2.18. The molecule has 0 heterocycles. The van der Waals surface area contributed by atoms with E-state index in [0.717, 1.165) is 0 Å². The van der Waals surface area contributed by atoms with E-state index in [4.69, 9.17) is 10.2 Å². The van der Waals surface area contributed by atoms with Crippen molar-refractivity contribution in [2.75, 3.05) is 4.43 Å². The highest BCUT2D eigenvalue weighted by Crippen LogP contribution is 2.06. The molecule has 58 valence electrons. The average Bonchev–Trinajstić information content (AvgIpc) is 1.81. The summed E-state index contributed by atoms with van der Waals surface area (Å²) >= 11 is 1.85. The second kappa shape index (κ2) is 4.48. The van der Waals surface area contributed by atoms with Crippen molar-refractivity contribution in [3.8, 4) is 0 Å². The van der Waals surface area contributed by atoms with Crippen LogP contribution in [-0.2, 0) is 9.59 Å². The van der Waals surface area contributed by atoms with Crippen LogP contribution in [0.25, 0.3) is 0 Å². The number of hydrogen-bond donors (Lipinski definition) is 2. The Balaban J connectivity index is 3.83. The molecule has 0 rings (SSSR count). The van der Waals surface area contributed by atoms with Gasteiger partial charge in [0.1, 0.15) is 0 Å². The van der Waals surface area contributed by atoms with Crippen molar-refractivity contribution in [1.82, 2.24) is 0 Å². The average molecular weight is 258 g/mol. The van der Waals surface area contributed by atoms with Crippen molar-refractivity contribution in [2.24, 2.45) is 5.92 Å². The molecule has 1 atom stereocenters. The fourth-order valence-electron chi connectivity index (χ4n) is 0.419. The quantitative estimate of drug-likeness (QED) is 0.571. The van der Waals surface area contributed by atoms with Crippen LogP contribution in [0.2, 0.25) is 0 Å². The zero-order valence-electron chi connectivity index (χ0n) is 5.08. The van der Waals surface area contributed by atoms with E-state index < -0.39 is 17.9 Å². The molecule has 2 N–H and O–H groups in total. The Morgan fingerprint density at radius 2 is 1.90 bits per heavy atom. The van der Waals surface area contributed by atoms with Gasteiger partial charge >= 0.3 is 11.9 Å². The van der Waals surface area contributed by atoms with Crippen molar-refractivity contribution in [3.63, 3.8) is 0 Å². The van der Waals surface area contributed by atoms with Crippen molar-refractivity contribution in [1.29, 1.82) is 0 Å². The molecule has 0 aromatic rings. The normalized spacial score (nSPS) is 12.5. The molecule has 5 heteroatoms. The van der Waals surface area contributed by atoms with Crippen molar-refractivity contribution in [3.05, 3.63) is 0 Å². The zero-order valence-corrected chi connectivity index (χ0v) is 7.24. The van der Waals surface area contributed by atoms with Gasteiger partial charge in [-0.1, -0.05) is 22.6 Å². The number of hydrogen-bond acceptors (Lipinski definition) is 2. The van der Waals surface area contributed by atoms with E-state index in [1.54, 1.807) is 0 Å². The third-order valence-corrected chi connectivity index (χ3v) is 2.02. The Hall–Kier alpha value is -0.330. The Kier molecular flexibility index (Phi) is 4.33. The lowest BCUT2D eigenvalue weighted by molar-refractivity contribution is -0.147. The minimum atomic E-state index is -1.07. The van der Waals surface area contributed by atoms with E-state index in [2.05, 4.69) is 0 Å². The molecule has 0 aromatic carbocycles. The molecule has 0 bridgehead atoms. The van der Waals surface area contributed by atoms with Gasteiger partial charge in [0.05, 0.1) is 12.3 Å². The summed E-state index contributed by atoms with van der Waals surface area (Å²) in [5.74, 6) is -2.86. The summed E-state index contributed by atoms with van der Waals surface area (Å²) in [7, 11) is 0. The monoisotopic (exact) mass is 258 g/mol. The van der Waals surface area contributed by atoms with E-state index in [1.165, 1.54) is 0 Å². The number of halogens is 1. The maximum absolute atomic E-state index is 10.2. The van der Waals surface area contributed by atoms with Crippen LogP contribution in [0, 0.1) is 5.92 Å². The number of alkyl halides is 1. The highest BCUT2D eigenvalue weighted by atomic mass is 127. The van der Waals surface area contributed by atoms with Crippen molar-refractivity contribution in [2.45, 2.75) is 6.42 Å². The molecule has 0 aromatic heterocycles. The summed E-state index contributed by atoms with van der Waals surface area (Å²) in [5, 5.41) is 16.6. The Bertz CT molecular complexity index is 145. The number of rotatable bonds is 4. The lowest BCUT2D eigenvalue weighted by Crippen LogP contribution is -2.18.